The molecule has 0 atom stereocenters. The molecular formula is C16H14Cl4O2S. The lowest BCUT2D eigenvalue weighted by molar-refractivity contribution is 0.594. The van der Waals surface area contributed by atoms with Crippen LogP contribution in [0.25, 0.3) is 0 Å². The first-order valence-electron chi connectivity index (χ1n) is 6.85. The van der Waals surface area contributed by atoms with Gasteiger partial charge < -0.3 is 0 Å². The molecule has 0 aromatic heterocycles. The molecule has 0 aliphatic heterocycles. The molecule has 2 aromatic rings. The molecule has 0 bridgehead atoms. The normalized spacial score (nSPS) is 11.7. The van der Waals surface area contributed by atoms with E-state index in [2.05, 4.69) is 0 Å². The predicted molar refractivity (Wildman–Crippen MR) is 99.0 cm³/mol. The number of benzene rings is 2. The van der Waals surface area contributed by atoms with Crippen LogP contribution < -0.4 is 0 Å². The molecule has 0 amide bonds. The van der Waals surface area contributed by atoms with Gasteiger partial charge in [0.05, 0.1) is 11.5 Å². The summed E-state index contributed by atoms with van der Waals surface area (Å²) in [6, 6.07) is 10.1. The standard InChI is InChI=1S/C16H14Cl4O2S/c17-13-3-1-11(15(19)9-13)5-7-23(21,22)8-6-12-2-4-14(18)10-16(12)20/h1-4,9-10H,5-8H2. The summed E-state index contributed by atoms with van der Waals surface area (Å²) in [5, 5.41) is 2.01. The van der Waals surface area contributed by atoms with Crippen molar-refractivity contribution in [2.75, 3.05) is 11.5 Å². The minimum absolute atomic E-state index is 0.0273. The van der Waals surface area contributed by atoms with Gasteiger partial charge in [0.2, 0.25) is 0 Å². The number of sulfone groups is 1. The molecule has 2 aromatic carbocycles. The molecule has 0 unspecified atom stereocenters. The van der Waals surface area contributed by atoms with Crippen molar-refractivity contribution in [3.05, 3.63) is 67.6 Å². The van der Waals surface area contributed by atoms with Crippen molar-refractivity contribution in [2.45, 2.75) is 12.8 Å². The maximum absolute atomic E-state index is 12.2. The highest BCUT2D eigenvalue weighted by atomic mass is 35.5. The van der Waals surface area contributed by atoms with Crippen LogP contribution in [0.5, 0.6) is 0 Å². The first kappa shape index (κ1) is 18.9. The summed E-state index contributed by atoms with van der Waals surface area (Å²) < 4.78 is 24.4. The average molecular weight is 412 g/mol. The number of rotatable bonds is 6. The molecule has 0 spiro atoms. The van der Waals surface area contributed by atoms with E-state index < -0.39 is 9.84 Å². The third-order valence-electron chi connectivity index (χ3n) is 3.40. The van der Waals surface area contributed by atoms with Crippen molar-refractivity contribution < 1.29 is 8.42 Å². The Morgan fingerprint density at radius 2 is 1.09 bits per heavy atom. The SMILES string of the molecule is O=S(=O)(CCc1ccc(Cl)cc1Cl)CCc1ccc(Cl)cc1Cl. The van der Waals surface area contributed by atoms with E-state index in [-0.39, 0.29) is 11.5 Å². The van der Waals surface area contributed by atoms with Crippen LogP contribution in [0, 0.1) is 0 Å². The van der Waals surface area contributed by atoms with E-state index in [0.717, 1.165) is 11.1 Å². The van der Waals surface area contributed by atoms with Crippen LogP contribution in [0.4, 0.5) is 0 Å². The van der Waals surface area contributed by atoms with E-state index >= 15 is 0 Å². The van der Waals surface area contributed by atoms with Gasteiger partial charge in [0, 0.05) is 20.1 Å². The molecule has 23 heavy (non-hydrogen) atoms. The van der Waals surface area contributed by atoms with Gasteiger partial charge in [0.15, 0.2) is 9.84 Å². The second kappa shape index (κ2) is 8.09. The van der Waals surface area contributed by atoms with Gasteiger partial charge in [-0.05, 0) is 48.2 Å². The molecule has 0 aliphatic carbocycles. The van der Waals surface area contributed by atoms with Gasteiger partial charge in [-0.25, -0.2) is 8.42 Å². The van der Waals surface area contributed by atoms with Crippen molar-refractivity contribution in [3.63, 3.8) is 0 Å². The maximum atomic E-state index is 12.2. The molecular weight excluding hydrogens is 398 g/mol. The number of halogens is 4. The lowest BCUT2D eigenvalue weighted by Gasteiger charge is -2.08. The Labute approximate surface area is 156 Å². The molecule has 0 radical (unpaired) electrons. The molecule has 0 saturated carbocycles. The minimum Gasteiger partial charge on any atom is -0.229 e. The molecule has 0 fully saturated rings. The van der Waals surface area contributed by atoms with Crippen LogP contribution >= 0.6 is 46.4 Å². The molecule has 2 nitrogen and oxygen atoms in total. The second-order valence-electron chi connectivity index (χ2n) is 5.12. The van der Waals surface area contributed by atoms with Crippen LogP contribution in [0.2, 0.25) is 20.1 Å². The van der Waals surface area contributed by atoms with Crippen LogP contribution in [0.3, 0.4) is 0 Å². The quantitative estimate of drug-likeness (QED) is 0.628. The van der Waals surface area contributed by atoms with Gasteiger partial charge in [-0.15, -0.1) is 0 Å². The summed E-state index contributed by atoms with van der Waals surface area (Å²) in [6.07, 6.45) is 0.708. The Morgan fingerprint density at radius 1 is 0.696 bits per heavy atom. The average Bonchev–Trinajstić information content (AvgIpc) is 2.45. The first-order chi connectivity index (χ1) is 10.8. The summed E-state index contributed by atoms with van der Waals surface area (Å²) in [5.74, 6) is 0.0547. The number of aryl methyl sites for hydroxylation is 2. The number of hydrogen-bond acceptors (Lipinski definition) is 2. The monoisotopic (exact) mass is 410 g/mol. The van der Waals surface area contributed by atoms with Crippen molar-refractivity contribution >= 4 is 56.2 Å². The fourth-order valence-electron chi connectivity index (χ4n) is 2.08. The fraction of sp³-hybridized carbons (Fsp3) is 0.250. The van der Waals surface area contributed by atoms with Gasteiger partial charge in [0.1, 0.15) is 0 Å². The van der Waals surface area contributed by atoms with E-state index in [0.29, 0.717) is 32.9 Å². The summed E-state index contributed by atoms with van der Waals surface area (Å²) in [6.45, 7) is 0. The molecule has 0 heterocycles. The lowest BCUT2D eigenvalue weighted by atomic mass is 10.2. The fourth-order valence-corrected chi connectivity index (χ4v) is 4.35. The van der Waals surface area contributed by atoms with Crippen LogP contribution in [-0.4, -0.2) is 19.9 Å². The largest absolute Gasteiger partial charge is 0.229 e. The molecule has 7 heteroatoms. The van der Waals surface area contributed by atoms with E-state index in [1.54, 1.807) is 36.4 Å². The third-order valence-corrected chi connectivity index (χ3v) is 6.22. The molecule has 0 saturated heterocycles. The predicted octanol–water partition coefficient (Wildman–Crippen LogP) is 5.50. The molecule has 2 rings (SSSR count). The Kier molecular flexibility index (Phi) is 6.64. The summed E-state index contributed by atoms with van der Waals surface area (Å²) >= 11 is 23.8. The minimum atomic E-state index is -3.21. The summed E-state index contributed by atoms with van der Waals surface area (Å²) in [7, 11) is -3.21. The van der Waals surface area contributed by atoms with Gasteiger partial charge in [-0.1, -0.05) is 58.5 Å². The smallest absolute Gasteiger partial charge is 0.150 e. The highest BCUT2D eigenvalue weighted by Gasteiger charge is 2.14. The molecule has 0 N–H and O–H groups in total. The van der Waals surface area contributed by atoms with Crippen LogP contribution in [0.1, 0.15) is 11.1 Å². The first-order valence-corrected chi connectivity index (χ1v) is 10.2. The van der Waals surface area contributed by atoms with E-state index in [1.165, 1.54) is 0 Å². The third kappa shape index (κ3) is 5.84. The van der Waals surface area contributed by atoms with Gasteiger partial charge in [0.25, 0.3) is 0 Å². The second-order valence-corrected chi connectivity index (χ2v) is 9.11. The van der Waals surface area contributed by atoms with E-state index in [9.17, 15) is 8.42 Å². The van der Waals surface area contributed by atoms with Crippen molar-refractivity contribution in [1.29, 1.82) is 0 Å². The van der Waals surface area contributed by atoms with Crippen LogP contribution in [-0.2, 0) is 22.7 Å². The van der Waals surface area contributed by atoms with Crippen molar-refractivity contribution in [2.24, 2.45) is 0 Å². The van der Waals surface area contributed by atoms with Gasteiger partial charge in [-0.3, -0.25) is 0 Å². The highest BCUT2D eigenvalue weighted by Crippen LogP contribution is 2.23. The van der Waals surface area contributed by atoms with E-state index in [1.807, 2.05) is 0 Å². The zero-order valence-corrected chi connectivity index (χ0v) is 15.9. The Morgan fingerprint density at radius 3 is 1.43 bits per heavy atom. The molecule has 0 aliphatic rings. The highest BCUT2D eigenvalue weighted by molar-refractivity contribution is 7.91. The van der Waals surface area contributed by atoms with Crippen molar-refractivity contribution in [1.82, 2.24) is 0 Å². The summed E-state index contributed by atoms with van der Waals surface area (Å²) in [5.41, 5.74) is 1.54. The van der Waals surface area contributed by atoms with Gasteiger partial charge in [-0.2, -0.15) is 0 Å². The Bertz CT molecular complexity index is 742. The number of hydrogen-bond donors (Lipinski definition) is 0. The van der Waals surface area contributed by atoms with Crippen molar-refractivity contribution in [3.8, 4) is 0 Å². The van der Waals surface area contributed by atoms with Gasteiger partial charge >= 0.3 is 0 Å². The summed E-state index contributed by atoms with van der Waals surface area (Å²) in [4.78, 5) is 0. The van der Waals surface area contributed by atoms with Crippen LogP contribution in [0.15, 0.2) is 36.4 Å². The maximum Gasteiger partial charge on any atom is 0.150 e. The Balaban J connectivity index is 1.96. The zero-order chi connectivity index (χ0) is 17.0. The Hall–Kier alpha value is -0.450. The molecule has 124 valence electrons. The topological polar surface area (TPSA) is 34.1 Å². The lowest BCUT2D eigenvalue weighted by Crippen LogP contribution is -2.15. The zero-order valence-electron chi connectivity index (χ0n) is 12.0. The van der Waals surface area contributed by atoms with E-state index in [4.69, 9.17) is 46.4 Å².